The van der Waals surface area contributed by atoms with Crippen LogP contribution in [0, 0.1) is 24.0 Å². The van der Waals surface area contributed by atoms with E-state index in [4.69, 9.17) is 16.3 Å². The maximum absolute atomic E-state index is 12.7. The smallest absolute Gasteiger partial charge is 0.325 e. The van der Waals surface area contributed by atoms with Crippen molar-refractivity contribution in [1.82, 2.24) is 4.57 Å². The average Bonchev–Trinajstić information content (AvgIpc) is 2.98. The number of hydrogen-bond acceptors (Lipinski definition) is 6. The van der Waals surface area contributed by atoms with Crippen LogP contribution in [0.15, 0.2) is 35.3 Å². The fourth-order valence-corrected chi connectivity index (χ4v) is 4.36. The van der Waals surface area contributed by atoms with Crippen molar-refractivity contribution in [3.05, 3.63) is 67.0 Å². The number of nitro benzene ring substituents is 1. The Kier molecular flexibility index (Phi) is 5.81. The first-order valence-corrected chi connectivity index (χ1v) is 9.61. The second kappa shape index (κ2) is 8.14. The minimum atomic E-state index is -0.738. The number of ether oxygens (including phenoxy) is 1. The van der Waals surface area contributed by atoms with E-state index in [1.165, 1.54) is 30.6 Å². The summed E-state index contributed by atoms with van der Waals surface area (Å²) in [4.78, 5) is 39.4. The average molecular weight is 434 g/mol. The first kappa shape index (κ1) is 20.7. The molecular formula is C19H16ClN3O5S. The van der Waals surface area contributed by atoms with E-state index in [0.29, 0.717) is 0 Å². The molecule has 0 bridgehead atoms. The van der Waals surface area contributed by atoms with Crippen molar-refractivity contribution in [2.75, 3.05) is 7.11 Å². The van der Waals surface area contributed by atoms with Crippen molar-refractivity contribution < 1.29 is 19.2 Å². The molecule has 0 N–H and O–H groups in total. The van der Waals surface area contributed by atoms with E-state index in [9.17, 15) is 19.7 Å². The Bertz CT molecular complexity index is 1230. The van der Waals surface area contributed by atoms with Crippen molar-refractivity contribution >= 4 is 50.7 Å². The van der Waals surface area contributed by atoms with Crippen LogP contribution in [0.4, 0.5) is 5.69 Å². The summed E-state index contributed by atoms with van der Waals surface area (Å²) >= 11 is 7.29. The lowest BCUT2D eigenvalue weighted by molar-refractivity contribution is -0.384. The normalized spacial score (nSPS) is 11.7. The predicted octanol–water partition coefficient (Wildman–Crippen LogP) is 3.80. The molecule has 0 saturated carbocycles. The molecule has 0 saturated heterocycles. The number of hydrogen-bond donors (Lipinski definition) is 0. The van der Waals surface area contributed by atoms with Gasteiger partial charge in [0.1, 0.15) is 6.54 Å². The first-order valence-electron chi connectivity index (χ1n) is 8.41. The van der Waals surface area contributed by atoms with Crippen molar-refractivity contribution in [3.63, 3.8) is 0 Å². The number of esters is 1. The van der Waals surface area contributed by atoms with Gasteiger partial charge in [0, 0.05) is 12.1 Å². The van der Waals surface area contributed by atoms with Gasteiger partial charge in [-0.3, -0.25) is 19.7 Å². The molecule has 2 aromatic carbocycles. The van der Waals surface area contributed by atoms with Gasteiger partial charge < -0.3 is 9.30 Å². The molecule has 29 heavy (non-hydrogen) atoms. The molecular weight excluding hydrogens is 418 g/mol. The molecule has 0 spiro atoms. The summed E-state index contributed by atoms with van der Waals surface area (Å²) < 4.78 is 7.22. The number of rotatable bonds is 4. The van der Waals surface area contributed by atoms with E-state index in [0.717, 1.165) is 27.4 Å². The minimum absolute atomic E-state index is 0.0528. The number of nitrogens with zero attached hydrogens (tertiary/aromatic N) is 3. The highest BCUT2D eigenvalue weighted by Gasteiger charge is 2.18. The zero-order valence-corrected chi connectivity index (χ0v) is 17.3. The maximum atomic E-state index is 12.7. The number of carbonyl (C=O) groups excluding carboxylic acids is 2. The van der Waals surface area contributed by atoms with Gasteiger partial charge in [0.2, 0.25) is 0 Å². The second-order valence-corrected chi connectivity index (χ2v) is 7.73. The van der Waals surface area contributed by atoms with Crippen LogP contribution in [0.5, 0.6) is 0 Å². The summed E-state index contributed by atoms with van der Waals surface area (Å²) in [5, 5.41) is 11.1. The van der Waals surface area contributed by atoms with Crippen LogP contribution in [0.1, 0.15) is 21.5 Å². The van der Waals surface area contributed by atoms with Crippen LogP contribution in [0.2, 0.25) is 5.02 Å². The largest absolute Gasteiger partial charge is 0.468 e. The standard InChI is InChI=1S/C19H16ClN3O5S/c1-10-6-11(2)17-15(7-10)29-19(22(17)9-16(24)28-3)21-18(25)13-8-12(23(26)27)4-5-14(13)20/h4-8H,9H2,1-3H3. The summed E-state index contributed by atoms with van der Waals surface area (Å²) in [5.41, 5.74) is 2.36. The molecule has 0 aliphatic rings. The lowest BCUT2D eigenvalue weighted by Crippen LogP contribution is -2.22. The third kappa shape index (κ3) is 4.20. The number of aryl methyl sites for hydroxylation is 2. The topological polar surface area (TPSA) is 104 Å². The summed E-state index contributed by atoms with van der Waals surface area (Å²) in [5.74, 6) is -1.23. The van der Waals surface area contributed by atoms with Gasteiger partial charge in [-0.15, -0.1) is 0 Å². The van der Waals surface area contributed by atoms with Gasteiger partial charge in [0.05, 0.1) is 32.8 Å². The van der Waals surface area contributed by atoms with E-state index in [2.05, 4.69) is 4.99 Å². The van der Waals surface area contributed by atoms with Crippen molar-refractivity contribution in [3.8, 4) is 0 Å². The SMILES string of the molecule is COC(=O)Cn1c(=NC(=O)c2cc([N+](=O)[O-])ccc2Cl)sc2cc(C)cc(C)c21. The molecule has 3 rings (SSSR count). The number of halogens is 1. The zero-order valence-electron chi connectivity index (χ0n) is 15.8. The third-order valence-corrected chi connectivity index (χ3v) is 5.57. The lowest BCUT2D eigenvalue weighted by Gasteiger charge is -2.06. The van der Waals surface area contributed by atoms with E-state index >= 15 is 0 Å². The molecule has 0 radical (unpaired) electrons. The molecule has 8 nitrogen and oxygen atoms in total. The van der Waals surface area contributed by atoms with E-state index in [1.54, 1.807) is 4.57 Å². The van der Waals surface area contributed by atoms with Crippen LogP contribution in [0.3, 0.4) is 0 Å². The minimum Gasteiger partial charge on any atom is -0.468 e. The van der Waals surface area contributed by atoms with Gasteiger partial charge in [-0.2, -0.15) is 4.99 Å². The highest BCUT2D eigenvalue weighted by molar-refractivity contribution is 7.16. The van der Waals surface area contributed by atoms with E-state index < -0.39 is 16.8 Å². The number of methoxy groups -OCH3 is 1. The van der Waals surface area contributed by atoms with Crippen LogP contribution >= 0.6 is 22.9 Å². The van der Waals surface area contributed by atoms with Gasteiger partial charge >= 0.3 is 5.97 Å². The molecule has 1 amide bonds. The van der Waals surface area contributed by atoms with Crippen molar-refractivity contribution in [1.29, 1.82) is 0 Å². The number of non-ortho nitro benzene ring substituents is 1. The fraction of sp³-hybridized carbons (Fsp3) is 0.211. The first-order chi connectivity index (χ1) is 13.7. The summed E-state index contributed by atoms with van der Waals surface area (Å²) in [6.45, 7) is 3.72. The molecule has 0 unspecified atom stereocenters. The Labute approximate surface area is 174 Å². The number of fused-ring (bicyclic) bond motifs is 1. The Morgan fingerprint density at radius 2 is 2.00 bits per heavy atom. The Morgan fingerprint density at radius 3 is 2.66 bits per heavy atom. The van der Waals surface area contributed by atoms with Gasteiger partial charge in [-0.25, -0.2) is 0 Å². The predicted molar refractivity (Wildman–Crippen MR) is 109 cm³/mol. The van der Waals surface area contributed by atoms with Gasteiger partial charge in [0.25, 0.3) is 11.6 Å². The molecule has 10 heteroatoms. The van der Waals surface area contributed by atoms with Crippen molar-refractivity contribution in [2.24, 2.45) is 4.99 Å². The van der Waals surface area contributed by atoms with Crippen molar-refractivity contribution in [2.45, 2.75) is 20.4 Å². The quantitative estimate of drug-likeness (QED) is 0.353. The van der Waals surface area contributed by atoms with Crippen LogP contribution in [0.25, 0.3) is 10.2 Å². The Balaban J connectivity index is 2.22. The van der Waals surface area contributed by atoms with Gasteiger partial charge in [-0.1, -0.05) is 29.0 Å². The molecule has 1 heterocycles. The molecule has 3 aromatic rings. The van der Waals surface area contributed by atoms with Crippen LogP contribution in [-0.4, -0.2) is 28.5 Å². The van der Waals surface area contributed by atoms with Crippen LogP contribution < -0.4 is 4.80 Å². The number of thiazole rings is 1. The number of nitro groups is 1. The number of benzene rings is 2. The molecule has 0 aliphatic heterocycles. The second-order valence-electron chi connectivity index (χ2n) is 6.31. The third-order valence-electron chi connectivity index (χ3n) is 4.22. The Morgan fingerprint density at radius 1 is 1.28 bits per heavy atom. The summed E-state index contributed by atoms with van der Waals surface area (Å²) in [7, 11) is 1.28. The molecule has 0 fully saturated rings. The van der Waals surface area contributed by atoms with E-state index in [1.807, 2.05) is 26.0 Å². The number of carbonyl (C=O) groups is 2. The van der Waals surface area contributed by atoms with Gasteiger partial charge in [0.15, 0.2) is 4.80 Å². The van der Waals surface area contributed by atoms with Gasteiger partial charge in [-0.05, 0) is 37.1 Å². The molecule has 0 atom stereocenters. The maximum Gasteiger partial charge on any atom is 0.325 e. The fourth-order valence-electron chi connectivity index (χ4n) is 2.96. The number of aromatic nitrogens is 1. The highest BCUT2D eigenvalue weighted by atomic mass is 35.5. The van der Waals surface area contributed by atoms with Crippen LogP contribution in [-0.2, 0) is 16.1 Å². The zero-order chi connectivity index (χ0) is 21.3. The number of amides is 1. The summed E-state index contributed by atoms with van der Waals surface area (Å²) in [6, 6.07) is 7.48. The lowest BCUT2D eigenvalue weighted by atomic mass is 10.1. The molecule has 1 aromatic heterocycles. The van der Waals surface area contributed by atoms with E-state index in [-0.39, 0.29) is 27.6 Å². The monoisotopic (exact) mass is 433 g/mol. The highest BCUT2D eigenvalue weighted by Crippen LogP contribution is 2.25. The summed E-state index contributed by atoms with van der Waals surface area (Å²) in [6.07, 6.45) is 0. The Hall–Kier alpha value is -3.04. The molecule has 0 aliphatic carbocycles. The molecule has 150 valence electrons.